The van der Waals surface area contributed by atoms with Gasteiger partial charge in [0.2, 0.25) is 0 Å². The number of para-hydroxylation sites is 1. The third kappa shape index (κ3) is 2.88. The Morgan fingerprint density at radius 1 is 1.12 bits per heavy atom. The van der Waals surface area contributed by atoms with Crippen LogP contribution in [-0.2, 0) is 0 Å². The highest BCUT2D eigenvalue weighted by molar-refractivity contribution is 5.39. The van der Waals surface area contributed by atoms with Gasteiger partial charge in [-0.15, -0.1) is 0 Å². The van der Waals surface area contributed by atoms with Crippen molar-refractivity contribution in [2.75, 3.05) is 0 Å². The number of ether oxygens (including phenoxy) is 1. The monoisotopic (exact) mass is 215 g/mol. The van der Waals surface area contributed by atoms with Crippen molar-refractivity contribution in [2.24, 2.45) is 0 Å². The largest absolute Gasteiger partial charge is 0.462 e. The van der Waals surface area contributed by atoms with Crippen LogP contribution in [0.2, 0.25) is 0 Å². The molecule has 1 aliphatic carbocycles. The van der Waals surface area contributed by atoms with Crippen LogP contribution in [0.5, 0.6) is 5.75 Å². The van der Waals surface area contributed by atoms with Gasteiger partial charge in [0.25, 0.3) is 0 Å². The zero-order valence-electron chi connectivity index (χ0n) is 9.91. The van der Waals surface area contributed by atoms with Gasteiger partial charge in [-0.2, -0.15) is 0 Å². The third-order valence-electron chi connectivity index (χ3n) is 2.97. The van der Waals surface area contributed by atoms with E-state index in [1.54, 1.807) is 0 Å². The van der Waals surface area contributed by atoms with Crippen LogP contribution in [0, 0.1) is 6.42 Å². The van der Waals surface area contributed by atoms with Crippen LogP contribution < -0.4 is 4.74 Å². The first-order chi connectivity index (χ1) is 7.90. The number of allylic oxidation sites excluding steroid dienone is 2. The molecule has 1 radical (unpaired) electrons. The molecule has 1 aromatic rings. The first kappa shape index (κ1) is 11.3. The molecule has 0 bridgehead atoms. The lowest BCUT2D eigenvalue weighted by Gasteiger charge is -2.11. The average molecular weight is 215 g/mol. The number of hydrogen-bond donors (Lipinski definition) is 0. The molecule has 1 heteroatoms. The van der Waals surface area contributed by atoms with Gasteiger partial charge in [-0.25, -0.2) is 0 Å². The molecule has 2 rings (SSSR count). The van der Waals surface area contributed by atoms with Crippen molar-refractivity contribution in [1.82, 2.24) is 0 Å². The Balaban J connectivity index is 2.10. The predicted octanol–water partition coefficient (Wildman–Crippen LogP) is 4.49. The van der Waals surface area contributed by atoms with E-state index in [-0.39, 0.29) is 0 Å². The number of rotatable bonds is 3. The lowest BCUT2D eigenvalue weighted by Crippen LogP contribution is -1.97. The molecule has 0 saturated carbocycles. The second kappa shape index (κ2) is 5.74. The molecule has 0 fully saturated rings. The van der Waals surface area contributed by atoms with E-state index < -0.39 is 0 Å². The van der Waals surface area contributed by atoms with Gasteiger partial charge in [0.1, 0.15) is 11.5 Å². The molecule has 0 atom stereocenters. The molecule has 1 aliphatic rings. The Bertz CT molecular complexity index is 365. The zero-order chi connectivity index (χ0) is 11.2. The first-order valence-corrected chi connectivity index (χ1v) is 6.15. The molecule has 16 heavy (non-hydrogen) atoms. The summed E-state index contributed by atoms with van der Waals surface area (Å²) >= 11 is 0. The summed E-state index contributed by atoms with van der Waals surface area (Å²) in [7, 11) is 0. The molecule has 85 valence electrons. The predicted molar refractivity (Wildman–Crippen MR) is 67.3 cm³/mol. The quantitative estimate of drug-likeness (QED) is 0.722. The zero-order valence-corrected chi connectivity index (χ0v) is 9.91. The molecule has 0 N–H and O–H groups in total. The topological polar surface area (TPSA) is 9.23 Å². The Morgan fingerprint density at radius 2 is 2.00 bits per heavy atom. The van der Waals surface area contributed by atoms with Crippen LogP contribution in [0.1, 0.15) is 44.6 Å². The van der Waals surface area contributed by atoms with E-state index in [9.17, 15) is 0 Å². The molecule has 0 unspecified atom stereocenters. The van der Waals surface area contributed by atoms with Crippen molar-refractivity contribution >= 4 is 0 Å². The third-order valence-corrected chi connectivity index (χ3v) is 2.97. The second-order valence-electron chi connectivity index (χ2n) is 4.20. The SMILES string of the molecule is C[CH]c1ccccc1OC1=CCCCCC1. The summed E-state index contributed by atoms with van der Waals surface area (Å²) in [5.41, 5.74) is 1.17. The van der Waals surface area contributed by atoms with Crippen molar-refractivity contribution < 1.29 is 4.74 Å². The highest BCUT2D eigenvalue weighted by Crippen LogP contribution is 2.25. The summed E-state index contributed by atoms with van der Waals surface area (Å²) in [6, 6.07) is 8.21. The summed E-state index contributed by atoms with van der Waals surface area (Å²) in [6.45, 7) is 2.05. The van der Waals surface area contributed by atoms with E-state index in [2.05, 4.69) is 18.6 Å². The van der Waals surface area contributed by atoms with Gasteiger partial charge < -0.3 is 4.74 Å². The number of hydrogen-bond acceptors (Lipinski definition) is 1. The molecule has 0 aromatic heterocycles. The maximum absolute atomic E-state index is 5.99. The van der Waals surface area contributed by atoms with Crippen LogP contribution in [0.3, 0.4) is 0 Å². The van der Waals surface area contributed by atoms with E-state index in [4.69, 9.17) is 4.74 Å². The van der Waals surface area contributed by atoms with E-state index in [1.807, 2.05) is 25.1 Å². The van der Waals surface area contributed by atoms with Crippen LogP contribution in [-0.4, -0.2) is 0 Å². The Morgan fingerprint density at radius 3 is 2.88 bits per heavy atom. The van der Waals surface area contributed by atoms with Crippen LogP contribution in [0.4, 0.5) is 0 Å². The minimum Gasteiger partial charge on any atom is -0.462 e. The van der Waals surface area contributed by atoms with E-state index in [1.165, 1.54) is 24.8 Å². The fourth-order valence-corrected chi connectivity index (χ4v) is 2.03. The second-order valence-corrected chi connectivity index (χ2v) is 4.20. The lowest BCUT2D eigenvalue weighted by molar-refractivity contribution is 0.398. The van der Waals surface area contributed by atoms with Gasteiger partial charge >= 0.3 is 0 Å². The number of benzene rings is 1. The summed E-state index contributed by atoms with van der Waals surface area (Å²) in [5, 5.41) is 0. The Labute approximate surface area is 98.1 Å². The summed E-state index contributed by atoms with van der Waals surface area (Å²) < 4.78 is 5.99. The summed E-state index contributed by atoms with van der Waals surface area (Å²) in [4.78, 5) is 0. The molecular weight excluding hydrogens is 196 g/mol. The molecular formula is C15H19O. The van der Waals surface area contributed by atoms with Gasteiger partial charge in [0.05, 0.1) is 0 Å². The van der Waals surface area contributed by atoms with Crippen molar-refractivity contribution in [1.29, 1.82) is 0 Å². The smallest absolute Gasteiger partial charge is 0.130 e. The molecule has 0 amide bonds. The Kier molecular flexibility index (Phi) is 4.03. The van der Waals surface area contributed by atoms with E-state index >= 15 is 0 Å². The van der Waals surface area contributed by atoms with Crippen molar-refractivity contribution in [3.63, 3.8) is 0 Å². The summed E-state index contributed by atoms with van der Waals surface area (Å²) in [5.74, 6) is 2.13. The van der Waals surface area contributed by atoms with Crippen LogP contribution in [0.25, 0.3) is 0 Å². The van der Waals surface area contributed by atoms with Crippen LogP contribution in [0.15, 0.2) is 36.1 Å². The highest BCUT2D eigenvalue weighted by atomic mass is 16.5. The molecule has 0 heterocycles. The van der Waals surface area contributed by atoms with Crippen molar-refractivity contribution in [3.05, 3.63) is 48.1 Å². The van der Waals surface area contributed by atoms with Gasteiger partial charge in [-0.1, -0.05) is 31.5 Å². The normalized spacial score (nSPS) is 16.4. The maximum atomic E-state index is 5.99. The molecule has 0 aliphatic heterocycles. The van der Waals surface area contributed by atoms with Crippen molar-refractivity contribution in [3.8, 4) is 5.75 Å². The van der Waals surface area contributed by atoms with E-state index in [0.717, 1.165) is 24.4 Å². The fraction of sp³-hybridized carbons (Fsp3) is 0.400. The van der Waals surface area contributed by atoms with Crippen molar-refractivity contribution in [2.45, 2.75) is 39.0 Å². The van der Waals surface area contributed by atoms with Gasteiger partial charge in [-0.3, -0.25) is 0 Å². The lowest BCUT2D eigenvalue weighted by atomic mass is 10.1. The fourth-order valence-electron chi connectivity index (χ4n) is 2.03. The molecule has 1 nitrogen and oxygen atoms in total. The van der Waals surface area contributed by atoms with Gasteiger partial charge in [0.15, 0.2) is 0 Å². The first-order valence-electron chi connectivity index (χ1n) is 6.15. The van der Waals surface area contributed by atoms with Gasteiger partial charge in [-0.05, 0) is 43.4 Å². The highest BCUT2D eigenvalue weighted by Gasteiger charge is 2.07. The average Bonchev–Trinajstić information content (AvgIpc) is 2.58. The van der Waals surface area contributed by atoms with Gasteiger partial charge in [0, 0.05) is 6.42 Å². The van der Waals surface area contributed by atoms with Crippen LogP contribution >= 0.6 is 0 Å². The minimum absolute atomic E-state index is 0.984. The molecule has 0 saturated heterocycles. The molecule has 0 spiro atoms. The van der Waals surface area contributed by atoms with E-state index in [0.29, 0.717) is 0 Å². The maximum Gasteiger partial charge on any atom is 0.130 e. The summed E-state index contributed by atoms with van der Waals surface area (Å²) in [6.07, 6.45) is 10.5. The minimum atomic E-state index is 0.984. The Hall–Kier alpha value is -1.24. The molecule has 1 aromatic carbocycles. The standard InChI is InChI=1S/C15H19O/c1-2-13-9-7-8-12-15(13)16-14-10-5-3-4-6-11-14/h2,7-10,12H,3-6,11H2,1H3.